The minimum atomic E-state index is -4.49. The lowest BCUT2D eigenvalue weighted by Gasteiger charge is -2.43. The normalized spacial score (nSPS) is 18.6. The Bertz CT molecular complexity index is 424. The summed E-state index contributed by atoms with van der Waals surface area (Å²) < 4.78 is 61.7. The molecule has 0 aliphatic carbocycles. The van der Waals surface area contributed by atoms with Gasteiger partial charge in [0.1, 0.15) is 17.0 Å². The molecule has 1 fully saturated rings. The number of rotatable bonds is 2. The van der Waals surface area contributed by atoms with Crippen LogP contribution in [0.1, 0.15) is 5.56 Å². The Morgan fingerprint density at radius 1 is 1.29 bits per heavy atom. The summed E-state index contributed by atoms with van der Waals surface area (Å²) in [5.41, 5.74) is -2.36. The first kappa shape index (κ1) is 12.2. The van der Waals surface area contributed by atoms with E-state index in [1.807, 2.05) is 0 Å². The van der Waals surface area contributed by atoms with Crippen LogP contribution in [0.4, 0.5) is 17.6 Å². The van der Waals surface area contributed by atoms with Gasteiger partial charge in [0.2, 0.25) is 0 Å². The molecule has 0 spiro atoms. The zero-order valence-corrected chi connectivity index (χ0v) is 8.97. The molecular weight excluding hydrogens is 240 g/mol. The van der Waals surface area contributed by atoms with Gasteiger partial charge in [-0.05, 0) is 18.2 Å². The molecule has 94 valence electrons. The van der Waals surface area contributed by atoms with E-state index in [-0.39, 0.29) is 11.3 Å². The fourth-order valence-electron chi connectivity index (χ4n) is 1.83. The smallest absolute Gasteiger partial charge is 0.403 e. The number of benzene rings is 1. The highest BCUT2D eigenvalue weighted by Crippen LogP contribution is 2.49. The van der Waals surface area contributed by atoms with Gasteiger partial charge in [-0.3, -0.25) is 0 Å². The molecule has 1 aromatic rings. The number of halogens is 4. The van der Waals surface area contributed by atoms with Crippen LogP contribution in [0.15, 0.2) is 18.2 Å². The van der Waals surface area contributed by atoms with Crippen LogP contribution >= 0.6 is 0 Å². The molecule has 0 saturated carbocycles. The van der Waals surface area contributed by atoms with E-state index >= 15 is 0 Å². The first-order chi connectivity index (χ1) is 7.90. The van der Waals surface area contributed by atoms with Crippen molar-refractivity contribution in [3.63, 3.8) is 0 Å². The van der Waals surface area contributed by atoms with Gasteiger partial charge in [-0.25, -0.2) is 4.39 Å². The lowest BCUT2D eigenvalue weighted by molar-refractivity contribution is -0.262. The Hall–Kier alpha value is -1.30. The molecule has 2 nitrogen and oxygen atoms in total. The highest BCUT2D eigenvalue weighted by Gasteiger charge is 2.62. The van der Waals surface area contributed by atoms with Crippen LogP contribution in [0.3, 0.4) is 0 Å². The molecule has 0 atom stereocenters. The van der Waals surface area contributed by atoms with Crippen molar-refractivity contribution in [1.82, 2.24) is 0 Å². The number of hydrogen-bond acceptors (Lipinski definition) is 2. The summed E-state index contributed by atoms with van der Waals surface area (Å²) in [6, 6.07) is 3.11. The average molecular weight is 250 g/mol. The Balaban J connectivity index is 2.54. The Kier molecular flexibility index (Phi) is 2.77. The molecule has 0 amide bonds. The van der Waals surface area contributed by atoms with Gasteiger partial charge in [-0.15, -0.1) is 0 Å². The van der Waals surface area contributed by atoms with Crippen molar-refractivity contribution in [1.29, 1.82) is 0 Å². The van der Waals surface area contributed by atoms with Crippen LogP contribution in [-0.2, 0) is 10.2 Å². The molecule has 6 heteroatoms. The maximum absolute atomic E-state index is 13.1. The van der Waals surface area contributed by atoms with Gasteiger partial charge in [-0.1, -0.05) is 0 Å². The molecule has 1 aliphatic rings. The van der Waals surface area contributed by atoms with Gasteiger partial charge in [0, 0.05) is 5.56 Å². The monoisotopic (exact) mass is 250 g/mol. The van der Waals surface area contributed by atoms with Crippen LogP contribution in [-0.4, -0.2) is 26.5 Å². The van der Waals surface area contributed by atoms with Gasteiger partial charge < -0.3 is 9.47 Å². The maximum Gasteiger partial charge on any atom is 0.403 e. The molecule has 1 aromatic carbocycles. The number of hydrogen-bond donors (Lipinski definition) is 0. The molecule has 0 bridgehead atoms. The molecule has 17 heavy (non-hydrogen) atoms. The third kappa shape index (κ3) is 1.76. The number of ether oxygens (including phenoxy) is 2. The summed E-state index contributed by atoms with van der Waals surface area (Å²) in [5.74, 6) is -0.705. The van der Waals surface area contributed by atoms with Crippen molar-refractivity contribution in [2.75, 3.05) is 20.3 Å². The van der Waals surface area contributed by atoms with E-state index in [0.29, 0.717) is 0 Å². The van der Waals surface area contributed by atoms with Crippen LogP contribution in [0.5, 0.6) is 5.75 Å². The van der Waals surface area contributed by atoms with Crippen molar-refractivity contribution in [2.45, 2.75) is 11.6 Å². The summed E-state index contributed by atoms with van der Waals surface area (Å²) in [5, 5.41) is 0. The highest BCUT2D eigenvalue weighted by molar-refractivity contribution is 5.43. The fraction of sp³-hybridized carbons (Fsp3) is 0.455. The van der Waals surface area contributed by atoms with Gasteiger partial charge in [-0.2, -0.15) is 13.2 Å². The molecule has 2 rings (SSSR count). The number of methoxy groups -OCH3 is 1. The van der Waals surface area contributed by atoms with Crippen molar-refractivity contribution in [3.8, 4) is 5.75 Å². The predicted molar refractivity (Wildman–Crippen MR) is 51.5 cm³/mol. The van der Waals surface area contributed by atoms with Crippen LogP contribution in [0.25, 0.3) is 0 Å². The minimum Gasteiger partial charge on any atom is -0.496 e. The third-order valence-corrected chi connectivity index (χ3v) is 2.92. The van der Waals surface area contributed by atoms with E-state index in [1.165, 1.54) is 13.2 Å². The molecule has 1 aliphatic heterocycles. The standard InChI is InChI=1S/C11H10F4O2/c1-16-9-3-2-7(12)4-8(9)10(5-17-6-10)11(13,14)15/h2-4H,5-6H2,1H3. The first-order valence-electron chi connectivity index (χ1n) is 4.89. The van der Waals surface area contributed by atoms with Crippen LogP contribution in [0, 0.1) is 5.82 Å². The fourth-order valence-corrected chi connectivity index (χ4v) is 1.83. The molecule has 0 aromatic heterocycles. The second-order valence-electron chi connectivity index (χ2n) is 3.92. The highest BCUT2D eigenvalue weighted by atomic mass is 19.4. The predicted octanol–water partition coefficient (Wildman–Crippen LogP) is 2.66. The van der Waals surface area contributed by atoms with Gasteiger partial charge in [0.05, 0.1) is 20.3 Å². The maximum atomic E-state index is 13.1. The molecule has 0 radical (unpaired) electrons. The largest absolute Gasteiger partial charge is 0.496 e. The summed E-state index contributed by atoms with van der Waals surface area (Å²) in [6.07, 6.45) is -4.49. The number of alkyl halides is 3. The zero-order chi connectivity index (χ0) is 12.7. The van der Waals surface area contributed by atoms with Crippen molar-refractivity contribution < 1.29 is 27.0 Å². The van der Waals surface area contributed by atoms with E-state index in [4.69, 9.17) is 4.74 Å². The molecular formula is C11H10F4O2. The van der Waals surface area contributed by atoms with Crippen LogP contribution in [0.2, 0.25) is 0 Å². The summed E-state index contributed by atoms with van der Waals surface area (Å²) in [7, 11) is 1.25. The van der Waals surface area contributed by atoms with Crippen molar-refractivity contribution in [2.24, 2.45) is 0 Å². The average Bonchev–Trinajstić information content (AvgIpc) is 2.14. The summed E-state index contributed by atoms with van der Waals surface area (Å²) in [6.45, 7) is -1.01. The van der Waals surface area contributed by atoms with Crippen LogP contribution < -0.4 is 4.74 Å². The van der Waals surface area contributed by atoms with E-state index < -0.39 is 30.6 Å². The first-order valence-corrected chi connectivity index (χ1v) is 4.89. The molecule has 1 heterocycles. The minimum absolute atomic E-state index is 0.0204. The second-order valence-corrected chi connectivity index (χ2v) is 3.92. The summed E-state index contributed by atoms with van der Waals surface area (Å²) >= 11 is 0. The zero-order valence-electron chi connectivity index (χ0n) is 8.97. The van der Waals surface area contributed by atoms with E-state index in [1.54, 1.807) is 0 Å². The SMILES string of the molecule is COc1ccc(F)cc1C1(C(F)(F)F)COC1. The lowest BCUT2D eigenvalue weighted by atomic mass is 9.77. The quantitative estimate of drug-likeness (QED) is 0.751. The Labute approximate surface area is 95.1 Å². The molecule has 0 N–H and O–H groups in total. The summed E-state index contributed by atoms with van der Waals surface area (Å²) in [4.78, 5) is 0. The van der Waals surface area contributed by atoms with E-state index in [2.05, 4.69) is 4.74 Å². The topological polar surface area (TPSA) is 18.5 Å². The van der Waals surface area contributed by atoms with E-state index in [0.717, 1.165) is 12.1 Å². The third-order valence-electron chi connectivity index (χ3n) is 2.92. The van der Waals surface area contributed by atoms with Gasteiger partial charge in [0.15, 0.2) is 0 Å². The molecule has 0 unspecified atom stereocenters. The lowest BCUT2D eigenvalue weighted by Crippen LogP contribution is -2.57. The Morgan fingerprint density at radius 2 is 1.94 bits per heavy atom. The molecule has 1 saturated heterocycles. The Morgan fingerprint density at radius 3 is 2.35 bits per heavy atom. The van der Waals surface area contributed by atoms with Gasteiger partial charge >= 0.3 is 6.18 Å². The van der Waals surface area contributed by atoms with Gasteiger partial charge in [0.25, 0.3) is 0 Å². The van der Waals surface area contributed by atoms with E-state index in [9.17, 15) is 17.6 Å². The van der Waals surface area contributed by atoms with Crippen molar-refractivity contribution >= 4 is 0 Å². The second kappa shape index (κ2) is 3.87. The van der Waals surface area contributed by atoms with Crippen molar-refractivity contribution in [3.05, 3.63) is 29.6 Å².